The molecule has 0 spiro atoms. The Balaban J connectivity index is 2.31. The highest BCUT2D eigenvalue weighted by atomic mass is 16.2. The monoisotopic (exact) mass is 411 g/mol. The number of rotatable bonds is 8. The zero-order valence-electron chi connectivity index (χ0n) is 19.6. The van der Waals surface area contributed by atoms with Gasteiger partial charge in [-0.1, -0.05) is 25.2 Å². The molecule has 0 aliphatic carbocycles. The third-order valence-electron chi connectivity index (χ3n) is 6.36. The Hall–Kier alpha value is -2.40. The minimum absolute atomic E-state index is 0.116. The molecule has 1 unspecified atom stereocenters. The molecular formula is C25H37N3O2. The van der Waals surface area contributed by atoms with Gasteiger partial charge in [-0.15, -0.1) is 0 Å². The predicted octanol–water partition coefficient (Wildman–Crippen LogP) is 4.10. The number of nitrogens with zero attached hydrogens (tertiary/aromatic N) is 3. The van der Waals surface area contributed by atoms with Crippen LogP contribution in [0, 0.1) is 12.8 Å². The maximum Gasteiger partial charge on any atom is 0.230 e. The molecule has 1 aliphatic rings. The van der Waals surface area contributed by atoms with Gasteiger partial charge in [0.05, 0.1) is 11.6 Å². The van der Waals surface area contributed by atoms with Crippen molar-refractivity contribution >= 4 is 18.4 Å². The van der Waals surface area contributed by atoms with Gasteiger partial charge in [0, 0.05) is 31.9 Å². The quantitative estimate of drug-likeness (QED) is 0.478. The lowest BCUT2D eigenvalue weighted by Crippen LogP contribution is -2.45. The van der Waals surface area contributed by atoms with Crippen LogP contribution in [0.4, 0.5) is 0 Å². The van der Waals surface area contributed by atoms with E-state index in [2.05, 4.69) is 51.8 Å². The minimum atomic E-state index is -0.116. The minimum Gasteiger partial charge on any atom is -0.343 e. The van der Waals surface area contributed by atoms with Gasteiger partial charge in [0.25, 0.3) is 0 Å². The molecule has 164 valence electrons. The van der Waals surface area contributed by atoms with Gasteiger partial charge in [-0.05, 0) is 76.4 Å². The molecule has 2 heterocycles. The topological polar surface area (TPSA) is 45.6 Å². The van der Waals surface area contributed by atoms with Gasteiger partial charge in [-0.3, -0.25) is 19.1 Å². The number of aryl methyl sites for hydroxylation is 1. The van der Waals surface area contributed by atoms with Gasteiger partial charge in [-0.2, -0.15) is 0 Å². The van der Waals surface area contributed by atoms with Crippen LogP contribution in [0.2, 0.25) is 0 Å². The van der Waals surface area contributed by atoms with Crippen molar-refractivity contribution in [2.75, 3.05) is 26.7 Å². The zero-order chi connectivity index (χ0) is 22.4. The van der Waals surface area contributed by atoms with Crippen molar-refractivity contribution in [3.8, 4) is 0 Å². The molecule has 0 saturated carbocycles. The zero-order valence-corrected chi connectivity index (χ0v) is 19.6. The van der Waals surface area contributed by atoms with Crippen LogP contribution in [0.3, 0.4) is 0 Å². The van der Waals surface area contributed by atoms with Gasteiger partial charge < -0.3 is 4.90 Å². The second-order valence-corrected chi connectivity index (χ2v) is 8.09. The van der Waals surface area contributed by atoms with E-state index in [0.29, 0.717) is 0 Å². The molecule has 1 amide bonds. The SMILES string of the molecule is CCc1cn(C=O)c(/C=C\C=C(/C)C2=CC(C(=O)N(CC)CC)CN(C)[C@@H]2C)c1C. The number of allylic oxidation sites excluding steroid dienone is 2. The van der Waals surface area contributed by atoms with Gasteiger partial charge in [0.2, 0.25) is 12.3 Å². The maximum atomic E-state index is 12.9. The highest BCUT2D eigenvalue weighted by Crippen LogP contribution is 2.27. The van der Waals surface area contributed by atoms with E-state index in [1.165, 1.54) is 11.1 Å². The Labute approximate surface area is 181 Å². The largest absolute Gasteiger partial charge is 0.343 e. The molecule has 0 radical (unpaired) electrons. The molecule has 1 aromatic heterocycles. The van der Waals surface area contributed by atoms with Crippen LogP contribution in [-0.4, -0.2) is 59.4 Å². The summed E-state index contributed by atoms with van der Waals surface area (Å²) in [5.41, 5.74) is 5.58. The second-order valence-electron chi connectivity index (χ2n) is 8.09. The van der Waals surface area contributed by atoms with E-state index in [9.17, 15) is 9.59 Å². The standard InChI is InChI=1S/C25H37N3O2/c1-8-21-16-28(17-29)24(19(21)5)13-11-12-18(4)23-14-22(15-26(7)20(23)6)25(30)27(9-2)10-3/h11-14,16-17,20,22H,8-10,15H2,1-7H3/b13-11-,18-12+/t20-,22?/m1/s1. The molecule has 5 nitrogen and oxygen atoms in total. The number of aromatic nitrogens is 1. The van der Waals surface area contributed by atoms with Crippen molar-refractivity contribution in [2.24, 2.45) is 5.92 Å². The fraction of sp³-hybridized carbons (Fsp3) is 0.520. The third kappa shape index (κ3) is 5.01. The van der Waals surface area contributed by atoms with Gasteiger partial charge in [0.15, 0.2) is 0 Å². The molecule has 1 aliphatic heterocycles. The Morgan fingerprint density at radius 1 is 1.27 bits per heavy atom. The molecule has 5 heteroatoms. The van der Waals surface area contributed by atoms with E-state index in [1.54, 1.807) is 4.57 Å². The first-order valence-electron chi connectivity index (χ1n) is 11.0. The number of carbonyl (C=O) groups is 2. The summed E-state index contributed by atoms with van der Waals surface area (Å²) in [6.07, 6.45) is 11.9. The first kappa shape index (κ1) is 23.9. The summed E-state index contributed by atoms with van der Waals surface area (Å²) >= 11 is 0. The van der Waals surface area contributed by atoms with Gasteiger partial charge in [0.1, 0.15) is 0 Å². The molecule has 2 atom stereocenters. The van der Waals surface area contributed by atoms with Crippen LogP contribution in [0.1, 0.15) is 51.4 Å². The molecule has 2 rings (SSSR count). The number of hydrogen-bond acceptors (Lipinski definition) is 3. The average Bonchev–Trinajstić information content (AvgIpc) is 3.05. The Bertz CT molecular complexity index is 856. The Morgan fingerprint density at radius 3 is 2.50 bits per heavy atom. The number of hydrogen-bond donors (Lipinski definition) is 0. The van der Waals surface area contributed by atoms with Gasteiger partial charge >= 0.3 is 0 Å². The van der Waals surface area contributed by atoms with Crippen molar-refractivity contribution in [1.82, 2.24) is 14.4 Å². The molecular weight excluding hydrogens is 374 g/mol. The van der Waals surface area contributed by atoms with Crippen LogP contribution >= 0.6 is 0 Å². The number of carbonyl (C=O) groups excluding carboxylic acids is 2. The summed E-state index contributed by atoms with van der Waals surface area (Å²) in [4.78, 5) is 28.5. The molecule has 0 N–H and O–H groups in total. The third-order valence-corrected chi connectivity index (χ3v) is 6.36. The summed E-state index contributed by atoms with van der Waals surface area (Å²) < 4.78 is 1.64. The van der Waals surface area contributed by atoms with Crippen molar-refractivity contribution in [3.63, 3.8) is 0 Å². The Kier molecular flexibility index (Phi) is 8.42. The maximum absolute atomic E-state index is 12.9. The van der Waals surface area contributed by atoms with Crippen molar-refractivity contribution in [2.45, 2.75) is 54.0 Å². The summed E-state index contributed by atoms with van der Waals surface area (Å²) in [6, 6.07) is 0.252. The van der Waals surface area contributed by atoms with E-state index in [1.807, 2.05) is 37.1 Å². The molecule has 0 aromatic carbocycles. The van der Waals surface area contributed by atoms with E-state index in [4.69, 9.17) is 0 Å². The molecule has 0 bridgehead atoms. The summed E-state index contributed by atoms with van der Waals surface area (Å²) in [6.45, 7) is 14.7. The Morgan fingerprint density at radius 2 is 1.93 bits per heavy atom. The number of likely N-dealkylation sites (N-methyl/N-ethyl adjacent to an activating group) is 1. The molecule has 0 fully saturated rings. The lowest BCUT2D eigenvalue weighted by atomic mass is 9.89. The van der Waals surface area contributed by atoms with Crippen LogP contribution < -0.4 is 0 Å². The lowest BCUT2D eigenvalue weighted by Gasteiger charge is -2.36. The smallest absolute Gasteiger partial charge is 0.230 e. The lowest BCUT2D eigenvalue weighted by molar-refractivity contribution is -0.134. The predicted molar refractivity (Wildman–Crippen MR) is 125 cm³/mol. The molecule has 1 aromatic rings. The van der Waals surface area contributed by atoms with Crippen LogP contribution in [0.25, 0.3) is 6.08 Å². The van der Waals surface area contributed by atoms with Gasteiger partial charge in [-0.25, -0.2) is 0 Å². The van der Waals surface area contributed by atoms with Crippen molar-refractivity contribution in [3.05, 3.63) is 52.4 Å². The summed E-state index contributed by atoms with van der Waals surface area (Å²) in [7, 11) is 2.08. The molecule has 0 saturated heterocycles. The van der Waals surface area contributed by atoms with E-state index in [-0.39, 0.29) is 17.9 Å². The first-order valence-corrected chi connectivity index (χ1v) is 11.0. The summed E-state index contributed by atoms with van der Waals surface area (Å²) in [5.74, 6) is 0.0844. The van der Waals surface area contributed by atoms with E-state index in [0.717, 1.165) is 49.3 Å². The fourth-order valence-corrected chi connectivity index (χ4v) is 4.22. The van der Waals surface area contributed by atoms with E-state index >= 15 is 0 Å². The summed E-state index contributed by atoms with van der Waals surface area (Å²) in [5, 5.41) is 0. The van der Waals surface area contributed by atoms with E-state index < -0.39 is 0 Å². The normalized spacial score (nSPS) is 20.5. The van der Waals surface area contributed by atoms with Crippen LogP contribution in [0.15, 0.2) is 35.6 Å². The van der Waals surface area contributed by atoms with Crippen molar-refractivity contribution < 1.29 is 9.59 Å². The average molecular weight is 412 g/mol. The second kappa shape index (κ2) is 10.6. The van der Waals surface area contributed by atoms with Crippen LogP contribution in [-0.2, 0) is 16.0 Å². The highest BCUT2D eigenvalue weighted by Gasteiger charge is 2.30. The number of amides is 1. The highest BCUT2D eigenvalue weighted by molar-refractivity contribution is 5.81. The first-order chi connectivity index (χ1) is 14.3. The fourth-order valence-electron chi connectivity index (χ4n) is 4.22. The van der Waals surface area contributed by atoms with Crippen LogP contribution in [0.5, 0.6) is 0 Å². The van der Waals surface area contributed by atoms with Crippen molar-refractivity contribution in [1.29, 1.82) is 0 Å². The molecule has 30 heavy (non-hydrogen) atoms.